The van der Waals surface area contributed by atoms with Crippen LogP contribution in [0.3, 0.4) is 0 Å². The van der Waals surface area contributed by atoms with E-state index in [0.717, 1.165) is 5.56 Å². The Labute approximate surface area is 121 Å². The molecule has 0 aliphatic heterocycles. The van der Waals surface area contributed by atoms with Crippen molar-refractivity contribution in [1.82, 2.24) is 10.3 Å². The summed E-state index contributed by atoms with van der Waals surface area (Å²) in [4.78, 5) is 15.9. The van der Waals surface area contributed by atoms with Crippen molar-refractivity contribution in [2.45, 2.75) is 6.92 Å². The number of aromatic nitrogens is 1. The molecular formula is C14H12FN3OS. The maximum atomic E-state index is 12.8. The average Bonchev–Trinajstić information content (AvgIpc) is 2.39. The van der Waals surface area contributed by atoms with Gasteiger partial charge in [-0.05, 0) is 61.1 Å². The van der Waals surface area contributed by atoms with Crippen LogP contribution in [-0.4, -0.2) is 16.0 Å². The molecule has 0 spiro atoms. The fourth-order valence-electron chi connectivity index (χ4n) is 1.53. The number of nitrogens with one attached hydrogen (secondary N) is 2. The topological polar surface area (TPSA) is 54.0 Å². The first-order valence-electron chi connectivity index (χ1n) is 5.85. The zero-order chi connectivity index (χ0) is 14.5. The summed E-state index contributed by atoms with van der Waals surface area (Å²) in [6.45, 7) is 1.92. The first-order valence-corrected chi connectivity index (χ1v) is 6.26. The van der Waals surface area contributed by atoms with Crippen molar-refractivity contribution >= 4 is 29.1 Å². The lowest BCUT2D eigenvalue weighted by Gasteiger charge is -2.09. The maximum absolute atomic E-state index is 12.8. The van der Waals surface area contributed by atoms with Gasteiger partial charge < -0.3 is 5.32 Å². The molecule has 4 nitrogen and oxygen atoms in total. The molecule has 2 aromatic rings. The van der Waals surface area contributed by atoms with E-state index in [2.05, 4.69) is 15.6 Å². The van der Waals surface area contributed by atoms with E-state index in [-0.39, 0.29) is 5.11 Å². The molecule has 0 atom stereocenters. The molecule has 6 heteroatoms. The lowest BCUT2D eigenvalue weighted by molar-refractivity contribution is 0.0977. The number of aryl methyl sites for hydroxylation is 1. The van der Waals surface area contributed by atoms with E-state index < -0.39 is 11.7 Å². The number of rotatable bonds is 2. The van der Waals surface area contributed by atoms with Gasteiger partial charge in [0.25, 0.3) is 5.91 Å². The Morgan fingerprint density at radius 2 is 1.95 bits per heavy atom. The molecule has 0 aliphatic rings. The standard InChI is InChI=1S/C14H12FN3OS/c1-9-6-7-16-12(8-9)17-14(20)18-13(19)10-2-4-11(15)5-3-10/h2-8H,1H3,(H2,16,17,18,19,20). The van der Waals surface area contributed by atoms with Gasteiger partial charge >= 0.3 is 0 Å². The average molecular weight is 289 g/mol. The molecule has 0 unspecified atom stereocenters. The third kappa shape index (κ3) is 3.83. The summed E-state index contributed by atoms with van der Waals surface area (Å²) in [6.07, 6.45) is 1.64. The molecule has 1 heterocycles. The van der Waals surface area contributed by atoms with Crippen LogP contribution in [0.1, 0.15) is 15.9 Å². The van der Waals surface area contributed by atoms with Gasteiger partial charge in [-0.2, -0.15) is 0 Å². The Kier molecular flexibility index (Phi) is 4.37. The minimum atomic E-state index is -0.407. The molecular weight excluding hydrogens is 277 g/mol. The lowest BCUT2D eigenvalue weighted by atomic mass is 10.2. The first kappa shape index (κ1) is 14.1. The van der Waals surface area contributed by atoms with Gasteiger partial charge in [0.15, 0.2) is 5.11 Å². The number of anilines is 1. The van der Waals surface area contributed by atoms with Crippen molar-refractivity contribution in [3.05, 3.63) is 59.5 Å². The molecule has 0 fully saturated rings. The predicted octanol–water partition coefficient (Wildman–Crippen LogP) is 2.66. The number of nitrogens with zero attached hydrogens (tertiary/aromatic N) is 1. The number of halogens is 1. The van der Waals surface area contributed by atoms with E-state index in [1.807, 2.05) is 13.0 Å². The molecule has 102 valence electrons. The van der Waals surface area contributed by atoms with Gasteiger partial charge in [-0.15, -0.1) is 0 Å². The predicted molar refractivity (Wildman–Crippen MR) is 79.1 cm³/mol. The van der Waals surface area contributed by atoms with Crippen LogP contribution in [0.5, 0.6) is 0 Å². The second-order valence-electron chi connectivity index (χ2n) is 4.13. The third-order valence-electron chi connectivity index (χ3n) is 2.49. The number of benzene rings is 1. The first-order chi connectivity index (χ1) is 9.54. The van der Waals surface area contributed by atoms with E-state index in [1.165, 1.54) is 24.3 Å². The van der Waals surface area contributed by atoms with Crippen molar-refractivity contribution in [3.63, 3.8) is 0 Å². The molecule has 1 aromatic carbocycles. The number of hydrogen-bond acceptors (Lipinski definition) is 3. The van der Waals surface area contributed by atoms with Gasteiger partial charge in [-0.25, -0.2) is 9.37 Å². The molecule has 0 saturated carbocycles. The smallest absolute Gasteiger partial charge is 0.257 e. The van der Waals surface area contributed by atoms with Gasteiger partial charge in [0.2, 0.25) is 0 Å². The minimum Gasteiger partial charge on any atom is -0.317 e. The second-order valence-corrected chi connectivity index (χ2v) is 4.54. The summed E-state index contributed by atoms with van der Waals surface area (Å²) < 4.78 is 12.8. The van der Waals surface area contributed by atoms with E-state index >= 15 is 0 Å². The molecule has 2 N–H and O–H groups in total. The van der Waals surface area contributed by atoms with Crippen LogP contribution in [0.4, 0.5) is 10.2 Å². The van der Waals surface area contributed by atoms with Gasteiger partial charge in [0.1, 0.15) is 11.6 Å². The zero-order valence-corrected chi connectivity index (χ0v) is 11.5. The quantitative estimate of drug-likeness (QED) is 0.835. The fraction of sp³-hybridized carbons (Fsp3) is 0.0714. The van der Waals surface area contributed by atoms with Crippen molar-refractivity contribution in [3.8, 4) is 0 Å². The largest absolute Gasteiger partial charge is 0.317 e. The van der Waals surface area contributed by atoms with Gasteiger partial charge in [-0.3, -0.25) is 10.1 Å². The normalized spacial score (nSPS) is 9.90. The summed E-state index contributed by atoms with van der Waals surface area (Å²) in [6, 6.07) is 8.86. The lowest BCUT2D eigenvalue weighted by Crippen LogP contribution is -2.34. The molecule has 20 heavy (non-hydrogen) atoms. The van der Waals surface area contributed by atoms with E-state index in [0.29, 0.717) is 11.4 Å². The van der Waals surface area contributed by atoms with Crippen LogP contribution in [0.2, 0.25) is 0 Å². The van der Waals surface area contributed by atoms with E-state index in [9.17, 15) is 9.18 Å². The van der Waals surface area contributed by atoms with Crippen LogP contribution in [0.25, 0.3) is 0 Å². The maximum Gasteiger partial charge on any atom is 0.257 e. The van der Waals surface area contributed by atoms with Gasteiger partial charge in [0, 0.05) is 11.8 Å². The number of thiocarbonyl (C=S) groups is 1. The summed E-state index contributed by atoms with van der Waals surface area (Å²) in [7, 11) is 0. The molecule has 1 amide bonds. The van der Waals surface area contributed by atoms with Crippen molar-refractivity contribution in [2.24, 2.45) is 0 Å². The number of carbonyl (C=O) groups is 1. The Morgan fingerprint density at radius 3 is 2.60 bits per heavy atom. The third-order valence-corrected chi connectivity index (χ3v) is 2.69. The number of hydrogen-bond donors (Lipinski definition) is 2. The molecule has 0 bridgehead atoms. The highest BCUT2D eigenvalue weighted by Gasteiger charge is 2.08. The molecule has 2 rings (SSSR count). The summed E-state index contributed by atoms with van der Waals surface area (Å²) in [5.41, 5.74) is 1.35. The van der Waals surface area contributed by atoms with Crippen LogP contribution in [0.15, 0.2) is 42.6 Å². The molecule has 0 radical (unpaired) electrons. The van der Waals surface area contributed by atoms with Crippen molar-refractivity contribution < 1.29 is 9.18 Å². The van der Waals surface area contributed by atoms with Gasteiger partial charge in [-0.1, -0.05) is 0 Å². The molecule has 0 aliphatic carbocycles. The number of amides is 1. The van der Waals surface area contributed by atoms with Crippen molar-refractivity contribution in [1.29, 1.82) is 0 Å². The highest BCUT2D eigenvalue weighted by Crippen LogP contribution is 2.06. The number of pyridine rings is 1. The Balaban J connectivity index is 1.97. The van der Waals surface area contributed by atoms with Crippen LogP contribution in [0, 0.1) is 12.7 Å². The highest BCUT2D eigenvalue weighted by molar-refractivity contribution is 7.80. The second kappa shape index (κ2) is 6.21. The molecule has 0 saturated heterocycles. The van der Waals surface area contributed by atoms with Crippen LogP contribution < -0.4 is 10.6 Å². The van der Waals surface area contributed by atoms with Gasteiger partial charge in [0.05, 0.1) is 0 Å². The Morgan fingerprint density at radius 1 is 1.25 bits per heavy atom. The summed E-state index contributed by atoms with van der Waals surface area (Å²) in [5, 5.41) is 5.45. The van der Waals surface area contributed by atoms with Crippen molar-refractivity contribution in [2.75, 3.05) is 5.32 Å². The monoisotopic (exact) mass is 289 g/mol. The Bertz CT molecular complexity index is 643. The molecule has 1 aromatic heterocycles. The minimum absolute atomic E-state index is 0.137. The summed E-state index contributed by atoms with van der Waals surface area (Å²) >= 11 is 5.02. The Hall–Kier alpha value is -2.34. The van der Waals surface area contributed by atoms with E-state index in [4.69, 9.17) is 12.2 Å². The highest BCUT2D eigenvalue weighted by atomic mass is 32.1. The summed E-state index contributed by atoms with van der Waals surface area (Å²) in [5.74, 6) is -0.254. The van der Waals surface area contributed by atoms with Crippen LogP contribution in [-0.2, 0) is 0 Å². The fourth-order valence-corrected chi connectivity index (χ4v) is 1.73. The van der Waals surface area contributed by atoms with E-state index in [1.54, 1.807) is 12.3 Å². The SMILES string of the molecule is Cc1ccnc(NC(=S)NC(=O)c2ccc(F)cc2)c1. The zero-order valence-electron chi connectivity index (χ0n) is 10.7. The number of carbonyl (C=O) groups excluding carboxylic acids is 1. The van der Waals surface area contributed by atoms with Crippen LogP contribution >= 0.6 is 12.2 Å².